The Labute approximate surface area is 93.0 Å². The molecule has 0 aromatic carbocycles. The Morgan fingerprint density at radius 3 is 1.71 bits per heavy atom. The summed E-state index contributed by atoms with van der Waals surface area (Å²) >= 11 is 0. The van der Waals surface area contributed by atoms with Crippen LogP contribution < -0.4 is 0 Å². The highest BCUT2D eigenvalue weighted by Gasteiger charge is 2.31. The van der Waals surface area contributed by atoms with Crippen LogP contribution in [0.5, 0.6) is 0 Å². The third-order valence-corrected chi connectivity index (χ3v) is 10.9. The standard InChI is InChI=1S/C9H22O2Si3/c1-7-12(4)10-14(6,9-3)11-13(5)8-2/h9H,3,7-8H2,1-2,4-6H3. The number of hydrogen-bond acceptors (Lipinski definition) is 2. The van der Waals surface area contributed by atoms with Crippen molar-refractivity contribution in [3.63, 3.8) is 0 Å². The first-order valence-electron chi connectivity index (χ1n) is 5.13. The molecule has 0 saturated heterocycles. The van der Waals surface area contributed by atoms with E-state index < -0.39 is 26.6 Å². The van der Waals surface area contributed by atoms with E-state index in [2.05, 4.69) is 40.1 Å². The van der Waals surface area contributed by atoms with Crippen molar-refractivity contribution in [2.24, 2.45) is 0 Å². The summed E-state index contributed by atoms with van der Waals surface area (Å²) in [5.74, 6) is 0. The van der Waals surface area contributed by atoms with Crippen LogP contribution in [-0.2, 0) is 8.23 Å². The molecule has 0 aliphatic rings. The van der Waals surface area contributed by atoms with E-state index >= 15 is 0 Å². The molecule has 0 N–H and O–H groups in total. The van der Waals surface area contributed by atoms with E-state index in [4.69, 9.17) is 8.23 Å². The van der Waals surface area contributed by atoms with Crippen molar-refractivity contribution in [2.45, 2.75) is 45.6 Å². The van der Waals surface area contributed by atoms with Crippen LogP contribution in [0.3, 0.4) is 0 Å². The van der Waals surface area contributed by atoms with Crippen LogP contribution in [-0.4, -0.2) is 26.6 Å². The van der Waals surface area contributed by atoms with Gasteiger partial charge in [0.05, 0.1) is 0 Å². The molecule has 0 atom stereocenters. The zero-order valence-electron chi connectivity index (χ0n) is 10.0. The Kier molecular flexibility index (Phi) is 6.88. The first kappa shape index (κ1) is 14.3. The van der Waals surface area contributed by atoms with Gasteiger partial charge >= 0.3 is 8.56 Å². The fourth-order valence-corrected chi connectivity index (χ4v) is 8.84. The minimum absolute atomic E-state index is 0.669. The van der Waals surface area contributed by atoms with Gasteiger partial charge in [-0.25, -0.2) is 0 Å². The van der Waals surface area contributed by atoms with Gasteiger partial charge < -0.3 is 8.23 Å². The summed E-state index contributed by atoms with van der Waals surface area (Å²) in [6.07, 6.45) is 0. The molecule has 2 radical (unpaired) electrons. The second-order valence-corrected chi connectivity index (χ2v) is 11.8. The molecule has 2 nitrogen and oxygen atoms in total. The van der Waals surface area contributed by atoms with E-state index in [0.717, 1.165) is 12.1 Å². The Bertz CT molecular complexity index is 163. The molecule has 82 valence electrons. The number of rotatable bonds is 7. The van der Waals surface area contributed by atoms with E-state index in [1.54, 1.807) is 0 Å². The van der Waals surface area contributed by atoms with Crippen molar-refractivity contribution < 1.29 is 8.23 Å². The molecule has 0 aliphatic heterocycles. The minimum atomic E-state index is -2.04. The summed E-state index contributed by atoms with van der Waals surface area (Å²) in [6, 6.07) is 2.25. The lowest BCUT2D eigenvalue weighted by Gasteiger charge is -2.29. The lowest BCUT2D eigenvalue weighted by Crippen LogP contribution is -2.44. The Balaban J connectivity index is 4.24. The molecule has 0 unspecified atom stereocenters. The van der Waals surface area contributed by atoms with Crippen molar-refractivity contribution >= 4 is 26.6 Å². The monoisotopic (exact) mass is 246 g/mol. The highest BCUT2D eigenvalue weighted by atomic mass is 28.5. The maximum atomic E-state index is 6.03. The van der Waals surface area contributed by atoms with Gasteiger partial charge in [-0.1, -0.05) is 19.5 Å². The number of hydrogen-bond donors (Lipinski definition) is 0. The molecule has 0 rings (SSSR count). The van der Waals surface area contributed by atoms with Crippen LogP contribution in [0.2, 0.25) is 31.7 Å². The summed E-state index contributed by atoms with van der Waals surface area (Å²) in [5.41, 5.74) is 1.92. The summed E-state index contributed by atoms with van der Waals surface area (Å²) in [7, 11) is -3.38. The van der Waals surface area contributed by atoms with Gasteiger partial charge in [-0.2, -0.15) is 0 Å². The van der Waals surface area contributed by atoms with Gasteiger partial charge in [0.15, 0.2) is 18.1 Å². The van der Waals surface area contributed by atoms with E-state index in [1.165, 1.54) is 0 Å². The van der Waals surface area contributed by atoms with Gasteiger partial charge in [-0.15, -0.1) is 6.58 Å². The van der Waals surface area contributed by atoms with Gasteiger partial charge in [-0.05, 0) is 31.7 Å². The smallest absolute Gasteiger partial charge is 0.340 e. The maximum absolute atomic E-state index is 6.03. The van der Waals surface area contributed by atoms with Crippen molar-refractivity contribution in [2.75, 3.05) is 0 Å². The average molecular weight is 247 g/mol. The van der Waals surface area contributed by atoms with Crippen LogP contribution in [0.1, 0.15) is 13.8 Å². The van der Waals surface area contributed by atoms with Gasteiger partial charge in [0, 0.05) is 0 Å². The molecule has 5 heteroatoms. The van der Waals surface area contributed by atoms with Gasteiger partial charge in [0.25, 0.3) is 0 Å². The molecule has 0 saturated carbocycles. The van der Waals surface area contributed by atoms with Crippen LogP contribution in [0, 0.1) is 0 Å². The predicted octanol–water partition coefficient (Wildman–Crippen LogP) is 3.10. The molecule has 0 aromatic heterocycles. The Morgan fingerprint density at radius 1 is 1.14 bits per heavy atom. The highest BCUT2D eigenvalue weighted by molar-refractivity contribution is 6.82. The second kappa shape index (κ2) is 6.73. The predicted molar refractivity (Wildman–Crippen MR) is 68.2 cm³/mol. The third-order valence-electron chi connectivity index (χ3n) is 2.12. The molecule has 0 spiro atoms. The fraction of sp³-hybridized carbons (Fsp3) is 0.778. The second-order valence-electron chi connectivity index (χ2n) is 3.54. The van der Waals surface area contributed by atoms with Gasteiger partial charge in [0.1, 0.15) is 0 Å². The van der Waals surface area contributed by atoms with Gasteiger partial charge in [-0.3, -0.25) is 0 Å². The van der Waals surface area contributed by atoms with E-state index in [1.807, 2.05) is 5.70 Å². The largest absolute Gasteiger partial charge is 0.433 e. The van der Waals surface area contributed by atoms with Crippen LogP contribution in [0.4, 0.5) is 0 Å². The van der Waals surface area contributed by atoms with Crippen LogP contribution in [0.15, 0.2) is 12.3 Å². The molecule has 0 bridgehead atoms. The normalized spacial score (nSPS) is 12.5. The zero-order valence-corrected chi connectivity index (χ0v) is 13.0. The molecule has 0 aromatic rings. The SMILES string of the molecule is C=C[Si](C)(O[Si](C)CC)O[Si](C)CC. The first-order valence-corrected chi connectivity index (χ1v) is 11.8. The van der Waals surface area contributed by atoms with Crippen molar-refractivity contribution in [3.8, 4) is 0 Å². The summed E-state index contributed by atoms with van der Waals surface area (Å²) in [6.45, 7) is 14.7. The van der Waals surface area contributed by atoms with Crippen LogP contribution in [0.25, 0.3) is 0 Å². The average Bonchev–Trinajstić information content (AvgIpc) is 2.17. The molecule has 14 heavy (non-hydrogen) atoms. The lowest BCUT2D eigenvalue weighted by atomic mass is 11.0. The van der Waals surface area contributed by atoms with Crippen molar-refractivity contribution in [1.29, 1.82) is 0 Å². The first-order chi connectivity index (χ1) is 6.47. The molecule has 0 fully saturated rings. The minimum Gasteiger partial charge on any atom is -0.433 e. The third kappa shape index (κ3) is 5.26. The van der Waals surface area contributed by atoms with E-state index in [0.29, 0.717) is 0 Å². The fourth-order valence-electron chi connectivity index (χ4n) is 0.940. The van der Waals surface area contributed by atoms with Crippen molar-refractivity contribution in [1.82, 2.24) is 0 Å². The Morgan fingerprint density at radius 2 is 1.50 bits per heavy atom. The van der Waals surface area contributed by atoms with Crippen molar-refractivity contribution in [3.05, 3.63) is 12.3 Å². The topological polar surface area (TPSA) is 18.5 Å². The Hall–Kier alpha value is 0.311. The van der Waals surface area contributed by atoms with E-state index in [-0.39, 0.29) is 0 Å². The summed E-state index contributed by atoms with van der Waals surface area (Å²) < 4.78 is 12.1. The molecular weight excluding hydrogens is 224 g/mol. The maximum Gasteiger partial charge on any atom is 0.340 e. The van der Waals surface area contributed by atoms with Crippen LogP contribution >= 0.6 is 0 Å². The quantitative estimate of drug-likeness (QED) is 0.643. The lowest BCUT2D eigenvalue weighted by molar-refractivity contribution is 0.418. The van der Waals surface area contributed by atoms with Gasteiger partial charge in [0.2, 0.25) is 0 Å². The molecule has 0 amide bonds. The summed E-state index contributed by atoms with van der Waals surface area (Å²) in [5, 5.41) is 0. The molecular formula is C9H22O2Si3. The summed E-state index contributed by atoms with van der Waals surface area (Å²) in [4.78, 5) is 0. The van der Waals surface area contributed by atoms with E-state index in [9.17, 15) is 0 Å². The zero-order chi connectivity index (χ0) is 11.2. The molecule has 0 heterocycles. The highest BCUT2D eigenvalue weighted by Crippen LogP contribution is 2.14. The molecule has 0 aliphatic carbocycles.